The molecule has 0 heterocycles. The van der Waals surface area contributed by atoms with Crippen molar-refractivity contribution in [2.75, 3.05) is 0 Å². The molecule has 2 N–H and O–H groups in total. The molecule has 0 fully saturated rings. The van der Waals surface area contributed by atoms with E-state index in [9.17, 15) is 10.0 Å². The van der Waals surface area contributed by atoms with Gasteiger partial charge < -0.3 is 10.0 Å². The van der Waals surface area contributed by atoms with Crippen LogP contribution in [-0.2, 0) is 0 Å². The molecule has 0 saturated heterocycles. The van der Waals surface area contributed by atoms with Crippen molar-refractivity contribution >= 4 is 24.2 Å². The van der Waals surface area contributed by atoms with Gasteiger partial charge in [-0.25, -0.2) is 0 Å². The lowest BCUT2D eigenvalue weighted by Crippen LogP contribution is -2.35. The molecule has 76 valence electrons. The zero-order valence-corrected chi connectivity index (χ0v) is 9.61. The van der Waals surface area contributed by atoms with Crippen LogP contribution in [0.15, 0.2) is 0 Å². The molecule has 4 heteroatoms. The van der Waals surface area contributed by atoms with Gasteiger partial charge in [0.05, 0.1) is 0 Å². The Hall–Kier alpha value is -0.505. The highest BCUT2D eigenvalue weighted by Crippen LogP contribution is 2.24. The Morgan fingerprint density at radius 3 is 1.50 bits per heavy atom. The van der Waals surface area contributed by atoms with E-state index in [1.807, 2.05) is 27.7 Å². The minimum absolute atomic E-state index is 0.574. The van der Waals surface area contributed by atoms with E-state index in [0.717, 1.165) is 22.3 Å². The predicted molar refractivity (Wildman–Crippen MR) is 60.2 cm³/mol. The summed E-state index contributed by atoms with van der Waals surface area (Å²) in [5.74, 6) is 0. The second kappa shape index (κ2) is 3.93. The van der Waals surface area contributed by atoms with Crippen LogP contribution >= 0.6 is 11.6 Å². The van der Waals surface area contributed by atoms with Gasteiger partial charge in [-0.3, -0.25) is 0 Å². The third kappa shape index (κ3) is 1.67. The van der Waals surface area contributed by atoms with E-state index < -0.39 is 7.12 Å². The first kappa shape index (κ1) is 11.6. The molecule has 2 nitrogen and oxygen atoms in total. The van der Waals surface area contributed by atoms with Crippen molar-refractivity contribution in [3.63, 3.8) is 0 Å². The van der Waals surface area contributed by atoms with Crippen molar-refractivity contribution < 1.29 is 10.0 Å². The van der Waals surface area contributed by atoms with Gasteiger partial charge in [0.15, 0.2) is 0 Å². The first-order valence-corrected chi connectivity index (χ1v) is 4.87. The molecule has 0 unspecified atom stereocenters. The topological polar surface area (TPSA) is 40.5 Å². The predicted octanol–water partition coefficient (Wildman–Crippen LogP) is 1.25. The summed E-state index contributed by atoms with van der Waals surface area (Å²) in [4.78, 5) is 0. The lowest BCUT2D eigenvalue weighted by atomic mass is 9.72. The number of hydrogen-bond acceptors (Lipinski definition) is 2. The number of hydrogen-bond donors (Lipinski definition) is 2. The highest BCUT2D eigenvalue weighted by molar-refractivity contribution is 6.60. The highest BCUT2D eigenvalue weighted by Gasteiger charge is 2.21. The average Bonchev–Trinajstić information content (AvgIpc) is 2.11. The SMILES string of the molecule is Cc1c(C)c(B(O)O)c(C)c(C)c1Cl. The van der Waals surface area contributed by atoms with Gasteiger partial charge in [-0.15, -0.1) is 0 Å². The maximum Gasteiger partial charge on any atom is 0.488 e. The fraction of sp³-hybridized carbons (Fsp3) is 0.400. The van der Waals surface area contributed by atoms with Gasteiger partial charge in [0.2, 0.25) is 0 Å². The van der Waals surface area contributed by atoms with Crippen LogP contribution < -0.4 is 5.46 Å². The summed E-state index contributed by atoms with van der Waals surface area (Å²) >= 11 is 6.10. The van der Waals surface area contributed by atoms with Crippen LogP contribution in [0, 0.1) is 27.7 Å². The summed E-state index contributed by atoms with van der Waals surface area (Å²) in [5.41, 5.74) is 4.11. The Balaban J connectivity index is 3.60. The number of rotatable bonds is 1. The van der Waals surface area contributed by atoms with E-state index in [4.69, 9.17) is 11.6 Å². The normalized spacial score (nSPS) is 10.5. The molecule has 0 saturated carbocycles. The van der Waals surface area contributed by atoms with E-state index in [1.165, 1.54) is 0 Å². The molecule has 0 bridgehead atoms. The fourth-order valence-electron chi connectivity index (χ4n) is 1.68. The molecule has 1 rings (SSSR count). The summed E-state index contributed by atoms with van der Waals surface area (Å²) in [6, 6.07) is 0. The van der Waals surface area contributed by atoms with Gasteiger partial charge >= 0.3 is 7.12 Å². The van der Waals surface area contributed by atoms with Gasteiger partial charge in [-0.2, -0.15) is 0 Å². The fourth-order valence-corrected chi connectivity index (χ4v) is 1.97. The van der Waals surface area contributed by atoms with Gasteiger partial charge in [0.25, 0.3) is 0 Å². The molecular formula is C10H14BClO2. The summed E-state index contributed by atoms with van der Waals surface area (Å²) < 4.78 is 0. The monoisotopic (exact) mass is 212 g/mol. The summed E-state index contributed by atoms with van der Waals surface area (Å²) in [7, 11) is -1.43. The van der Waals surface area contributed by atoms with Crippen molar-refractivity contribution in [1.29, 1.82) is 0 Å². The molecule has 0 spiro atoms. The Morgan fingerprint density at radius 2 is 1.21 bits per heavy atom. The Bertz CT molecular complexity index is 346. The first-order chi connectivity index (χ1) is 6.37. The lowest BCUT2D eigenvalue weighted by Gasteiger charge is -2.16. The standard InChI is InChI=1S/C10H14BClO2/c1-5-7(3)10(12)8(4)6(2)9(5)11(13)14/h13-14H,1-4H3. The zero-order valence-electron chi connectivity index (χ0n) is 8.85. The van der Waals surface area contributed by atoms with Crippen molar-refractivity contribution in [2.24, 2.45) is 0 Å². The van der Waals surface area contributed by atoms with Gasteiger partial charge in [0, 0.05) is 5.02 Å². The first-order valence-electron chi connectivity index (χ1n) is 4.49. The number of halogens is 1. The number of benzene rings is 1. The van der Waals surface area contributed by atoms with Crippen LogP contribution in [0.5, 0.6) is 0 Å². The minimum atomic E-state index is -1.43. The molecule has 1 aromatic carbocycles. The molecule has 0 aliphatic carbocycles. The Kier molecular flexibility index (Phi) is 3.25. The molecule has 0 radical (unpaired) electrons. The molecule has 14 heavy (non-hydrogen) atoms. The maximum absolute atomic E-state index is 9.24. The van der Waals surface area contributed by atoms with Crippen LogP contribution in [0.2, 0.25) is 5.02 Å². The third-order valence-electron chi connectivity index (χ3n) is 2.85. The van der Waals surface area contributed by atoms with Gasteiger partial charge in [-0.1, -0.05) is 11.6 Å². The van der Waals surface area contributed by atoms with Crippen LogP contribution in [0.3, 0.4) is 0 Å². The van der Waals surface area contributed by atoms with E-state index in [1.54, 1.807) is 0 Å². The second-order valence-corrected chi connectivity index (χ2v) is 3.98. The Morgan fingerprint density at radius 1 is 0.857 bits per heavy atom. The zero-order chi connectivity index (χ0) is 11.0. The van der Waals surface area contributed by atoms with Crippen LogP contribution in [0.25, 0.3) is 0 Å². The molecule has 0 aliphatic rings. The molecular weight excluding hydrogens is 198 g/mol. The van der Waals surface area contributed by atoms with E-state index in [0.29, 0.717) is 10.5 Å². The van der Waals surface area contributed by atoms with Crippen molar-refractivity contribution in [2.45, 2.75) is 27.7 Å². The molecule has 1 aromatic rings. The molecule has 0 amide bonds. The second-order valence-electron chi connectivity index (χ2n) is 3.60. The van der Waals surface area contributed by atoms with Crippen LogP contribution in [-0.4, -0.2) is 17.2 Å². The van der Waals surface area contributed by atoms with Gasteiger partial charge in [-0.05, 0) is 55.4 Å². The lowest BCUT2D eigenvalue weighted by molar-refractivity contribution is 0.425. The van der Waals surface area contributed by atoms with Crippen molar-refractivity contribution in [1.82, 2.24) is 0 Å². The average molecular weight is 212 g/mol. The Labute approximate surface area is 89.7 Å². The summed E-state index contributed by atoms with van der Waals surface area (Å²) in [6.07, 6.45) is 0. The van der Waals surface area contributed by atoms with Crippen LogP contribution in [0.1, 0.15) is 22.3 Å². The van der Waals surface area contributed by atoms with E-state index >= 15 is 0 Å². The van der Waals surface area contributed by atoms with Crippen LogP contribution in [0.4, 0.5) is 0 Å². The third-order valence-corrected chi connectivity index (χ3v) is 3.42. The van der Waals surface area contributed by atoms with E-state index in [-0.39, 0.29) is 0 Å². The van der Waals surface area contributed by atoms with E-state index in [2.05, 4.69) is 0 Å². The van der Waals surface area contributed by atoms with Gasteiger partial charge in [0.1, 0.15) is 0 Å². The minimum Gasteiger partial charge on any atom is -0.423 e. The summed E-state index contributed by atoms with van der Waals surface area (Å²) in [6.45, 7) is 7.47. The molecule has 0 aromatic heterocycles. The molecule has 0 aliphatic heterocycles. The highest BCUT2D eigenvalue weighted by atomic mass is 35.5. The molecule has 0 atom stereocenters. The maximum atomic E-state index is 9.24. The smallest absolute Gasteiger partial charge is 0.423 e. The quantitative estimate of drug-likeness (QED) is 0.688. The summed E-state index contributed by atoms with van der Waals surface area (Å²) in [5, 5.41) is 19.2. The van der Waals surface area contributed by atoms with Crippen molar-refractivity contribution in [3.05, 3.63) is 27.3 Å². The van der Waals surface area contributed by atoms with Crippen molar-refractivity contribution in [3.8, 4) is 0 Å². The largest absolute Gasteiger partial charge is 0.488 e.